The summed E-state index contributed by atoms with van der Waals surface area (Å²) in [6.45, 7) is 6.19. The highest BCUT2D eigenvalue weighted by Gasteiger charge is 2.30. The highest BCUT2D eigenvalue weighted by molar-refractivity contribution is 5.85. The lowest BCUT2D eigenvalue weighted by molar-refractivity contribution is -0.130. The number of piperazine rings is 1. The molecule has 5 nitrogen and oxygen atoms in total. The number of nitrogens with zero attached hydrogens (tertiary/aromatic N) is 2. The summed E-state index contributed by atoms with van der Waals surface area (Å²) in [6, 6.07) is 8.89. The average molecular weight is 408 g/mol. The van der Waals surface area contributed by atoms with Crippen molar-refractivity contribution in [2.24, 2.45) is 0 Å². The minimum atomic E-state index is 0. The molecule has 2 aliphatic heterocycles. The number of nitrogens with one attached hydrogen (secondary N) is 1. The molecule has 156 valence electrons. The van der Waals surface area contributed by atoms with E-state index in [0.717, 1.165) is 57.9 Å². The Kier molecular flexibility index (Phi) is 8.00. The first-order chi connectivity index (χ1) is 13.3. The molecule has 1 unspecified atom stereocenters. The van der Waals surface area contributed by atoms with Crippen LogP contribution in [0.4, 0.5) is 0 Å². The number of ether oxygens (including phenoxy) is 1. The maximum atomic E-state index is 12.7. The van der Waals surface area contributed by atoms with Gasteiger partial charge in [-0.1, -0.05) is 12.1 Å². The van der Waals surface area contributed by atoms with Gasteiger partial charge in [0.15, 0.2) is 0 Å². The first kappa shape index (κ1) is 21.4. The van der Waals surface area contributed by atoms with Crippen molar-refractivity contribution in [1.29, 1.82) is 0 Å². The topological polar surface area (TPSA) is 44.8 Å². The molecule has 6 heteroatoms. The van der Waals surface area contributed by atoms with E-state index in [0.29, 0.717) is 24.5 Å². The van der Waals surface area contributed by atoms with Crippen molar-refractivity contribution >= 4 is 18.3 Å². The second-order valence-electron chi connectivity index (χ2n) is 8.24. The molecule has 1 aromatic carbocycles. The zero-order valence-corrected chi connectivity index (χ0v) is 17.6. The lowest BCUT2D eigenvalue weighted by Crippen LogP contribution is -2.49. The van der Waals surface area contributed by atoms with E-state index in [4.69, 9.17) is 4.74 Å². The van der Waals surface area contributed by atoms with Crippen LogP contribution in [0.3, 0.4) is 0 Å². The van der Waals surface area contributed by atoms with Crippen molar-refractivity contribution in [2.45, 2.75) is 57.1 Å². The first-order valence-corrected chi connectivity index (χ1v) is 10.8. The Hall–Kier alpha value is -1.30. The second-order valence-corrected chi connectivity index (χ2v) is 8.24. The zero-order chi connectivity index (χ0) is 18.5. The Labute approximate surface area is 175 Å². The van der Waals surface area contributed by atoms with Crippen molar-refractivity contribution in [3.05, 3.63) is 29.8 Å². The zero-order valence-electron chi connectivity index (χ0n) is 16.8. The SMILES string of the molecule is Cl.O=C(CCc1cccc(OC2CCCC2)c1)N1CCC(N2CCNCC2)C1. The average Bonchev–Trinajstić information content (AvgIpc) is 3.39. The summed E-state index contributed by atoms with van der Waals surface area (Å²) < 4.78 is 6.10. The minimum absolute atomic E-state index is 0. The maximum Gasteiger partial charge on any atom is 0.222 e. The van der Waals surface area contributed by atoms with Crippen LogP contribution in [0.15, 0.2) is 24.3 Å². The molecule has 1 atom stereocenters. The highest BCUT2D eigenvalue weighted by atomic mass is 35.5. The lowest BCUT2D eigenvalue weighted by atomic mass is 10.1. The smallest absolute Gasteiger partial charge is 0.222 e. The van der Waals surface area contributed by atoms with Gasteiger partial charge < -0.3 is 15.0 Å². The van der Waals surface area contributed by atoms with Crippen LogP contribution >= 0.6 is 12.4 Å². The van der Waals surface area contributed by atoms with Crippen molar-refractivity contribution in [1.82, 2.24) is 15.1 Å². The molecule has 2 heterocycles. The highest BCUT2D eigenvalue weighted by Crippen LogP contribution is 2.25. The summed E-state index contributed by atoms with van der Waals surface area (Å²) in [5.74, 6) is 1.27. The van der Waals surface area contributed by atoms with Gasteiger partial charge in [0.25, 0.3) is 0 Å². The van der Waals surface area contributed by atoms with E-state index in [1.165, 1.54) is 31.2 Å². The van der Waals surface area contributed by atoms with Crippen LogP contribution in [-0.2, 0) is 11.2 Å². The number of aryl methyl sites for hydroxylation is 1. The van der Waals surface area contributed by atoms with Gasteiger partial charge in [-0.15, -0.1) is 12.4 Å². The summed E-state index contributed by atoms with van der Waals surface area (Å²) in [4.78, 5) is 17.3. The molecule has 0 aromatic heterocycles. The quantitative estimate of drug-likeness (QED) is 0.787. The van der Waals surface area contributed by atoms with Gasteiger partial charge in [0.05, 0.1) is 6.10 Å². The van der Waals surface area contributed by atoms with E-state index in [2.05, 4.69) is 33.3 Å². The fourth-order valence-corrected chi connectivity index (χ4v) is 4.70. The van der Waals surface area contributed by atoms with E-state index in [-0.39, 0.29) is 12.4 Å². The van der Waals surface area contributed by atoms with Crippen LogP contribution in [0.25, 0.3) is 0 Å². The van der Waals surface area contributed by atoms with E-state index < -0.39 is 0 Å². The normalized spacial score (nSPS) is 23.6. The molecule has 0 radical (unpaired) electrons. The minimum Gasteiger partial charge on any atom is -0.490 e. The number of hydrogen-bond acceptors (Lipinski definition) is 4. The number of carbonyl (C=O) groups is 1. The number of hydrogen-bond donors (Lipinski definition) is 1. The monoisotopic (exact) mass is 407 g/mol. The van der Waals surface area contributed by atoms with Gasteiger partial charge in [-0.25, -0.2) is 0 Å². The van der Waals surface area contributed by atoms with Crippen LogP contribution in [0.1, 0.15) is 44.1 Å². The van der Waals surface area contributed by atoms with Crippen molar-refractivity contribution < 1.29 is 9.53 Å². The predicted molar refractivity (Wildman–Crippen MR) is 114 cm³/mol. The Bertz CT molecular complexity index is 630. The predicted octanol–water partition coefficient (Wildman–Crippen LogP) is 2.87. The van der Waals surface area contributed by atoms with Gasteiger partial charge in [-0.05, 0) is 56.2 Å². The van der Waals surface area contributed by atoms with Gasteiger partial charge in [-0.3, -0.25) is 9.69 Å². The lowest BCUT2D eigenvalue weighted by Gasteiger charge is -2.32. The third-order valence-electron chi connectivity index (χ3n) is 6.32. The van der Waals surface area contributed by atoms with E-state index in [9.17, 15) is 4.79 Å². The molecule has 1 amide bonds. The van der Waals surface area contributed by atoms with Crippen LogP contribution in [0.5, 0.6) is 5.75 Å². The summed E-state index contributed by atoms with van der Waals surface area (Å²) in [5.41, 5.74) is 1.21. The summed E-state index contributed by atoms with van der Waals surface area (Å²) >= 11 is 0. The summed E-state index contributed by atoms with van der Waals surface area (Å²) in [7, 11) is 0. The molecule has 3 fully saturated rings. The number of rotatable bonds is 6. The molecule has 4 rings (SSSR count). The molecule has 2 saturated heterocycles. The Morgan fingerprint density at radius 2 is 1.89 bits per heavy atom. The van der Waals surface area contributed by atoms with Crippen LogP contribution in [0, 0.1) is 0 Å². The molecule has 0 bridgehead atoms. The van der Waals surface area contributed by atoms with E-state index >= 15 is 0 Å². The number of benzene rings is 1. The molecule has 3 aliphatic rings. The molecular weight excluding hydrogens is 374 g/mol. The fraction of sp³-hybridized carbons (Fsp3) is 0.682. The standard InChI is InChI=1S/C22H33N3O2.ClH/c26-22(25-13-10-19(17-25)24-14-11-23-12-15-24)9-8-18-4-3-7-21(16-18)27-20-5-1-2-6-20;/h3-4,7,16,19-20,23H,1-2,5-6,8-15,17H2;1H. The fourth-order valence-electron chi connectivity index (χ4n) is 4.70. The van der Waals surface area contributed by atoms with Crippen molar-refractivity contribution in [2.75, 3.05) is 39.3 Å². The third-order valence-corrected chi connectivity index (χ3v) is 6.32. The number of amides is 1. The first-order valence-electron chi connectivity index (χ1n) is 10.8. The van der Waals surface area contributed by atoms with Crippen LogP contribution < -0.4 is 10.1 Å². The Morgan fingerprint density at radius 3 is 2.68 bits per heavy atom. The van der Waals surface area contributed by atoms with Crippen LogP contribution in [0.2, 0.25) is 0 Å². The van der Waals surface area contributed by atoms with Crippen molar-refractivity contribution in [3.8, 4) is 5.75 Å². The summed E-state index contributed by atoms with van der Waals surface area (Å²) in [6.07, 6.45) is 7.81. The number of carbonyl (C=O) groups excluding carboxylic acids is 1. The number of likely N-dealkylation sites (tertiary alicyclic amines) is 1. The molecule has 1 aromatic rings. The maximum absolute atomic E-state index is 12.7. The molecular formula is C22H34ClN3O2. The van der Waals surface area contributed by atoms with E-state index in [1.54, 1.807) is 0 Å². The van der Waals surface area contributed by atoms with Gasteiger partial charge in [-0.2, -0.15) is 0 Å². The Morgan fingerprint density at radius 1 is 1.11 bits per heavy atom. The molecule has 1 saturated carbocycles. The van der Waals surface area contributed by atoms with Gasteiger partial charge in [0.1, 0.15) is 5.75 Å². The van der Waals surface area contributed by atoms with Crippen LogP contribution in [-0.4, -0.2) is 67.1 Å². The molecule has 0 spiro atoms. The van der Waals surface area contributed by atoms with Gasteiger partial charge >= 0.3 is 0 Å². The van der Waals surface area contributed by atoms with E-state index in [1.807, 2.05) is 6.07 Å². The van der Waals surface area contributed by atoms with Gasteiger partial charge in [0, 0.05) is 51.7 Å². The van der Waals surface area contributed by atoms with Crippen molar-refractivity contribution in [3.63, 3.8) is 0 Å². The summed E-state index contributed by atoms with van der Waals surface area (Å²) in [5, 5.41) is 3.41. The van der Waals surface area contributed by atoms with Gasteiger partial charge in [0.2, 0.25) is 5.91 Å². The second kappa shape index (κ2) is 10.5. The third kappa shape index (κ3) is 5.62. The largest absolute Gasteiger partial charge is 0.490 e. The number of halogens is 1. The molecule has 1 aliphatic carbocycles. The molecule has 28 heavy (non-hydrogen) atoms. The Balaban J connectivity index is 0.00000225. The molecule has 1 N–H and O–H groups in total.